The van der Waals surface area contributed by atoms with Crippen molar-refractivity contribution >= 4 is 35.0 Å². The van der Waals surface area contributed by atoms with E-state index in [1.54, 1.807) is 18.9 Å². The Kier molecular flexibility index (Phi) is 5.89. The van der Waals surface area contributed by atoms with Gasteiger partial charge in [0.25, 0.3) is 0 Å². The number of rotatable bonds is 6. The van der Waals surface area contributed by atoms with Crippen LogP contribution in [0.2, 0.25) is 10.0 Å². The van der Waals surface area contributed by atoms with Gasteiger partial charge in [-0.25, -0.2) is 0 Å². The van der Waals surface area contributed by atoms with Crippen LogP contribution in [0.15, 0.2) is 47.6 Å². The highest BCUT2D eigenvalue weighted by Crippen LogP contribution is 2.31. The number of halogens is 2. The minimum Gasteiger partial charge on any atom is -0.497 e. The van der Waals surface area contributed by atoms with Gasteiger partial charge in [0.15, 0.2) is 5.16 Å². The fourth-order valence-electron chi connectivity index (χ4n) is 2.36. The second-order valence-corrected chi connectivity index (χ2v) is 7.23. The van der Waals surface area contributed by atoms with Gasteiger partial charge in [-0.1, -0.05) is 53.2 Å². The first-order chi connectivity index (χ1) is 12.1. The molecular weight excluding hydrogens is 377 g/mol. The molecule has 0 N–H and O–H groups in total. The van der Waals surface area contributed by atoms with Crippen molar-refractivity contribution in [2.75, 3.05) is 7.11 Å². The molecule has 0 saturated heterocycles. The SMILES string of the molecule is COc1ccc(Cc2nnc(SCc3c(Cl)cccc3Cl)n2C)cc1. The largest absolute Gasteiger partial charge is 0.497 e. The highest BCUT2D eigenvalue weighted by Gasteiger charge is 2.12. The molecule has 130 valence electrons. The van der Waals surface area contributed by atoms with Crippen LogP contribution in [0.25, 0.3) is 0 Å². The molecule has 3 rings (SSSR count). The summed E-state index contributed by atoms with van der Waals surface area (Å²) in [5, 5.41) is 10.8. The Morgan fingerprint density at radius 1 is 1.04 bits per heavy atom. The second kappa shape index (κ2) is 8.13. The van der Waals surface area contributed by atoms with E-state index in [-0.39, 0.29) is 0 Å². The second-order valence-electron chi connectivity index (χ2n) is 5.47. The number of benzene rings is 2. The summed E-state index contributed by atoms with van der Waals surface area (Å²) in [4.78, 5) is 0. The van der Waals surface area contributed by atoms with Gasteiger partial charge >= 0.3 is 0 Å². The van der Waals surface area contributed by atoms with Gasteiger partial charge in [0.1, 0.15) is 11.6 Å². The average Bonchev–Trinajstić information content (AvgIpc) is 2.95. The maximum absolute atomic E-state index is 6.22. The molecule has 0 bridgehead atoms. The van der Waals surface area contributed by atoms with Crippen LogP contribution in [-0.2, 0) is 19.2 Å². The molecule has 0 atom stereocenters. The summed E-state index contributed by atoms with van der Waals surface area (Å²) in [6, 6.07) is 13.5. The number of hydrogen-bond acceptors (Lipinski definition) is 4. The third-order valence-electron chi connectivity index (χ3n) is 3.85. The molecule has 0 fully saturated rings. The Morgan fingerprint density at radius 2 is 1.72 bits per heavy atom. The average molecular weight is 394 g/mol. The van der Waals surface area contributed by atoms with E-state index >= 15 is 0 Å². The zero-order valence-corrected chi connectivity index (χ0v) is 16.2. The van der Waals surface area contributed by atoms with E-state index in [1.165, 1.54) is 0 Å². The lowest BCUT2D eigenvalue weighted by Crippen LogP contribution is -2.00. The summed E-state index contributed by atoms with van der Waals surface area (Å²) in [7, 11) is 3.63. The van der Waals surface area contributed by atoms with Crippen molar-refractivity contribution in [3.05, 3.63) is 69.5 Å². The first kappa shape index (κ1) is 18.1. The normalized spacial score (nSPS) is 10.9. The molecule has 0 saturated carbocycles. The van der Waals surface area contributed by atoms with Crippen molar-refractivity contribution in [3.63, 3.8) is 0 Å². The summed E-state index contributed by atoms with van der Waals surface area (Å²) in [5.74, 6) is 2.39. The van der Waals surface area contributed by atoms with E-state index in [2.05, 4.69) is 10.2 Å². The molecule has 0 aliphatic heterocycles. The lowest BCUT2D eigenvalue weighted by Gasteiger charge is -2.07. The molecule has 25 heavy (non-hydrogen) atoms. The van der Waals surface area contributed by atoms with Gasteiger partial charge < -0.3 is 9.30 Å². The molecule has 0 unspecified atom stereocenters. The van der Waals surface area contributed by atoms with E-state index in [0.29, 0.717) is 22.2 Å². The molecule has 3 aromatic rings. The van der Waals surface area contributed by atoms with E-state index in [4.69, 9.17) is 27.9 Å². The van der Waals surface area contributed by atoms with Crippen molar-refractivity contribution in [2.45, 2.75) is 17.3 Å². The topological polar surface area (TPSA) is 39.9 Å². The van der Waals surface area contributed by atoms with E-state index in [9.17, 15) is 0 Å². The van der Waals surface area contributed by atoms with Crippen LogP contribution < -0.4 is 4.74 Å². The summed E-state index contributed by atoms with van der Waals surface area (Å²) in [6.45, 7) is 0. The fraction of sp³-hybridized carbons (Fsp3) is 0.222. The fourth-order valence-corrected chi connectivity index (χ4v) is 4.03. The van der Waals surface area contributed by atoms with Gasteiger partial charge in [0, 0.05) is 29.3 Å². The third-order valence-corrected chi connectivity index (χ3v) is 5.61. The summed E-state index contributed by atoms with van der Waals surface area (Å²) in [5.41, 5.74) is 2.07. The van der Waals surface area contributed by atoms with Crippen LogP contribution in [0.5, 0.6) is 5.75 Å². The number of hydrogen-bond donors (Lipinski definition) is 0. The van der Waals surface area contributed by atoms with Crippen LogP contribution in [0, 0.1) is 0 Å². The first-order valence-corrected chi connectivity index (χ1v) is 9.39. The Morgan fingerprint density at radius 3 is 2.36 bits per heavy atom. The van der Waals surface area contributed by atoms with Crippen LogP contribution in [-0.4, -0.2) is 21.9 Å². The lowest BCUT2D eigenvalue weighted by atomic mass is 10.1. The summed E-state index contributed by atoms with van der Waals surface area (Å²) < 4.78 is 7.18. The van der Waals surface area contributed by atoms with Crippen molar-refractivity contribution in [3.8, 4) is 5.75 Å². The van der Waals surface area contributed by atoms with Crippen LogP contribution >= 0.6 is 35.0 Å². The molecule has 0 spiro atoms. The van der Waals surface area contributed by atoms with Crippen LogP contribution in [0.3, 0.4) is 0 Å². The number of methoxy groups -OCH3 is 1. The van der Waals surface area contributed by atoms with E-state index in [0.717, 1.165) is 27.9 Å². The standard InChI is InChI=1S/C18H17Cl2N3OS/c1-23-17(10-12-6-8-13(24-2)9-7-12)21-22-18(23)25-11-14-15(19)4-3-5-16(14)20/h3-9H,10-11H2,1-2H3. The molecule has 1 aromatic heterocycles. The van der Waals surface area contributed by atoms with Crippen LogP contribution in [0.4, 0.5) is 0 Å². The smallest absolute Gasteiger partial charge is 0.191 e. The maximum Gasteiger partial charge on any atom is 0.191 e. The minimum absolute atomic E-state index is 0.646. The predicted octanol–water partition coefficient (Wildman–Crippen LogP) is 5.01. The van der Waals surface area contributed by atoms with Crippen molar-refractivity contribution in [1.29, 1.82) is 0 Å². The Hall–Kier alpha value is -1.69. The molecule has 0 amide bonds. The predicted molar refractivity (Wildman–Crippen MR) is 103 cm³/mol. The molecule has 0 aliphatic rings. The quantitative estimate of drug-likeness (QED) is 0.551. The van der Waals surface area contributed by atoms with Crippen molar-refractivity contribution in [2.24, 2.45) is 7.05 Å². The lowest BCUT2D eigenvalue weighted by molar-refractivity contribution is 0.414. The summed E-state index contributed by atoms with van der Waals surface area (Å²) >= 11 is 14.0. The van der Waals surface area contributed by atoms with Gasteiger partial charge in [-0.15, -0.1) is 10.2 Å². The molecule has 1 heterocycles. The molecule has 7 heteroatoms. The molecule has 2 aromatic carbocycles. The van der Waals surface area contributed by atoms with Gasteiger partial charge in [0.05, 0.1) is 7.11 Å². The van der Waals surface area contributed by atoms with Gasteiger partial charge in [-0.05, 0) is 35.4 Å². The number of thioether (sulfide) groups is 1. The highest BCUT2D eigenvalue weighted by atomic mass is 35.5. The maximum atomic E-state index is 6.22. The highest BCUT2D eigenvalue weighted by molar-refractivity contribution is 7.98. The van der Waals surface area contributed by atoms with Crippen LogP contribution in [0.1, 0.15) is 17.0 Å². The zero-order valence-electron chi connectivity index (χ0n) is 13.9. The first-order valence-electron chi connectivity index (χ1n) is 7.65. The number of nitrogens with zero attached hydrogens (tertiary/aromatic N) is 3. The molecule has 0 radical (unpaired) electrons. The Labute approximate surface area is 161 Å². The Bertz CT molecular complexity index is 845. The van der Waals surface area contributed by atoms with Crippen molar-refractivity contribution in [1.82, 2.24) is 14.8 Å². The molecule has 0 aliphatic carbocycles. The van der Waals surface area contributed by atoms with Gasteiger partial charge in [-0.2, -0.15) is 0 Å². The summed E-state index contributed by atoms with van der Waals surface area (Å²) in [6.07, 6.45) is 0.709. The van der Waals surface area contributed by atoms with E-state index in [1.807, 2.05) is 54.1 Å². The van der Waals surface area contributed by atoms with E-state index < -0.39 is 0 Å². The minimum atomic E-state index is 0.646. The monoisotopic (exact) mass is 393 g/mol. The molecule has 4 nitrogen and oxygen atoms in total. The van der Waals surface area contributed by atoms with Crippen molar-refractivity contribution < 1.29 is 4.74 Å². The zero-order chi connectivity index (χ0) is 17.8. The number of aromatic nitrogens is 3. The third kappa shape index (κ3) is 4.29. The molecular formula is C18H17Cl2N3OS. The number of ether oxygens (including phenoxy) is 1. The van der Waals surface area contributed by atoms with Gasteiger partial charge in [-0.3, -0.25) is 0 Å². The Balaban J connectivity index is 1.70. The van der Waals surface area contributed by atoms with Gasteiger partial charge in [0.2, 0.25) is 0 Å².